The molecule has 0 heterocycles. The Balaban J connectivity index is 1.70. The topological polar surface area (TPSA) is 24.4 Å². The Morgan fingerprint density at radius 2 is 1.06 bits per heavy atom. The van der Waals surface area contributed by atoms with Gasteiger partial charge in [-0.25, -0.2) is 48.9 Å². The third kappa shape index (κ3) is 3.94. The Labute approximate surface area is 185 Å². The van der Waals surface area contributed by atoms with Crippen molar-refractivity contribution in [1.82, 2.24) is 0 Å². The van der Waals surface area contributed by atoms with E-state index in [0.717, 1.165) is 0 Å². The summed E-state index contributed by atoms with van der Waals surface area (Å²) in [6, 6.07) is 0. The molecule has 2 aliphatic carbocycles. The lowest BCUT2D eigenvalue weighted by molar-refractivity contribution is 0.381. The lowest BCUT2D eigenvalue weighted by Crippen LogP contribution is -2.20. The average Bonchev–Trinajstić information content (AvgIpc) is 2.84. The SMILES string of the molecule is Fc1c(F)c(F)c(N=C2C=C3C=C(Nc4c(F)c(F)c(F)c(F)c4F)CCC3CC2)c(F)c1F. The first kappa shape index (κ1) is 23.8. The maximum absolute atomic E-state index is 14.0. The molecule has 0 spiro atoms. The molecule has 0 saturated heterocycles. The van der Waals surface area contributed by atoms with Gasteiger partial charge in [-0.05, 0) is 49.3 Å². The van der Waals surface area contributed by atoms with Crippen LogP contribution in [0.25, 0.3) is 0 Å². The fraction of sp³-hybridized carbons (Fsp3) is 0.227. The zero-order chi connectivity index (χ0) is 24.9. The van der Waals surface area contributed by atoms with Gasteiger partial charge in [0.05, 0.1) is 0 Å². The normalized spacial score (nSPS) is 19.1. The standard InChI is InChI=1S/C22H12F10N2/c23-11-13(25)17(29)21(18(30)14(11)26)33-9-3-1-7-2-4-10(6-8(7)5-9)34-22-19(31)15(27)12(24)16(28)20(22)32/h5-7,33H,1-4H2. The predicted molar refractivity (Wildman–Crippen MR) is 101 cm³/mol. The van der Waals surface area contributed by atoms with Crippen LogP contribution in [0.3, 0.4) is 0 Å². The maximum atomic E-state index is 14.0. The van der Waals surface area contributed by atoms with Gasteiger partial charge >= 0.3 is 0 Å². The largest absolute Gasteiger partial charge is 0.354 e. The summed E-state index contributed by atoms with van der Waals surface area (Å²) in [5.41, 5.74) is -2.10. The van der Waals surface area contributed by atoms with Crippen LogP contribution in [0.1, 0.15) is 25.7 Å². The van der Waals surface area contributed by atoms with Crippen LogP contribution in [0.2, 0.25) is 0 Å². The molecule has 0 saturated carbocycles. The Hall–Kier alpha value is -3.31. The lowest BCUT2D eigenvalue weighted by Gasteiger charge is -2.29. The second-order valence-electron chi connectivity index (χ2n) is 7.68. The van der Waals surface area contributed by atoms with Crippen molar-refractivity contribution in [2.24, 2.45) is 10.9 Å². The Morgan fingerprint density at radius 3 is 1.62 bits per heavy atom. The molecule has 0 fully saturated rings. The molecule has 0 aliphatic heterocycles. The first-order valence-electron chi connectivity index (χ1n) is 9.80. The third-order valence-electron chi connectivity index (χ3n) is 5.59. The highest BCUT2D eigenvalue weighted by Crippen LogP contribution is 2.38. The fourth-order valence-electron chi connectivity index (χ4n) is 3.84. The minimum atomic E-state index is -2.32. The van der Waals surface area contributed by atoms with Crippen molar-refractivity contribution in [3.63, 3.8) is 0 Å². The second-order valence-corrected chi connectivity index (χ2v) is 7.68. The summed E-state index contributed by atoms with van der Waals surface area (Å²) in [5, 5.41) is 2.19. The summed E-state index contributed by atoms with van der Waals surface area (Å²) in [5.74, 6) is -21.6. The molecule has 34 heavy (non-hydrogen) atoms. The van der Waals surface area contributed by atoms with Gasteiger partial charge < -0.3 is 5.32 Å². The molecule has 12 heteroatoms. The number of benzene rings is 2. The van der Waals surface area contributed by atoms with Crippen molar-refractivity contribution in [2.45, 2.75) is 25.7 Å². The van der Waals surface area contributed by atoms with Crippen LogP contribution in [0.5, 0.6) is 0 Å². The molecular formula is C22H12F10N2. The number of halogens is 10. The highest BCUT2D eigenvalue weighted by molar-refractivity contribution is 5.98. The summed E-state index contributed by atoms with van der Waals surface area (Å²) in [4.78, 5) is 3.57. The highest BCUT2D eigenvalue weighted by Gasteiger charge is 2.30. The number of anilines is 1. The monoisotopic (exact) mass is 494 g/mol. The van der Waals surface area contributed by atoms with Gasteiger partial charge in [-0.15, -0.1) is 0 Å². The van der Waals surface area contributed by atoms with Crippen molar-refractivity contribution in [3.8, 4) is 0 Å². The van der Waals surface area contributed by atoms with E-state index in [2.05, 4.69) is 10.3 Å². The van der Waals surface area contributed by atoms with Crippen LogP contribution in [0.15, 0.2) is 28.4 Å². The Kier molecular flexibility index (Phi) is 6.17. The molecule has 0 radical (unpaired) electrons. The summed E-state index contributed by atoms with van der Waals surface area (Å²) in [6.07, 6.45) is 3.76. The van der Waals surface area contributed by atoms with Gasteiger partial charge in [-0.2, -0.15) is 0 Å². The van der Waals surface area contributed by atoms with Crippen LogP contribution >= 0.6 is 0 Å². The minimum absolute atomic E-state index is 0.0248. The van der Waals surface area contributed by atoms with E-state index in [1.54, 1.807) is 0 Å². The number of hydrogen-bond acceptors (Lipinski definition) is 2. The average molecular weight is 494 g/mol. The van der Waals surface area contributed by atoms with E-state index in [1.807, 2.05) is 0 Å². The predicted octanol–water partition coefficient (Wildman–Crippen LogP) is 7.28. The molecule has 4 rings (SSSR count). The van der Waals surface area contributed by atoms with E-state index >= 15 is 0 Å². The first-order valence-corrected chi connectivity index (χ1v) is 9.80. The Bertz CT molecular complexity index is 1240. The molecular weight excluding hydrogens is 482 g/mol. The number of allylic oxidation sites excluding steroid dienone is 4. The van der Waals surface area contributed by atoms with Crippen LogP contribution < -0.4 is 5.32 Å². The molecule has 2 aliphatic rings. The number of nitrogens with one attached hydrogen (secondary N) is 1. The number of nitrogens with zero attached hydrogens (tertiary/aromatic N) is 1. The molecule has 0 amide bonds. The van der Waals surface area contributed by atoms with Crippen LogP contribution in [0, 0.1) is 64.1 Å². The van der Waals surface area contributed by atoms with Gasteiger partial charge in [0.25, 0.3) is 0 Å². The van der Waals surface area contributed by atoms with Crippen molar-refractivity contribution in [2.75, 3.05) is 5.32 Å². The van der Waals surface area contributed by atoms with Gasteiger partial charge in [0.1, 0.15) is 11.4 Å². The van der Waals surface area contributed by atoms with E-state index in [0.29, 0.717) is 18.4 Å². The molecule has 0 bridgehead atoms. The summed E-state index contributed by atoms with van der Waals surface area (Å²) >= 11 is 0. The molecule has 0 aromatic heterocycles. The Morgan fingerprint density at radius 1 is 0.588 bits per heavy atom. The van der Waals surface area contributed by atoms with E-state index in [-0.39, 0.29) is 30.2 Å². The van der Waals surface area contributed by atoms with Crippen LogP contribution in [-0.2, 0) is 0 Å². The van der Waals surface area contributed by atoms with Crippen molar-refractivity contribution in [1.29, 1.82) is 0 Å². The second kappa shape index (κ2) is 8.80. The van der Waals surface area contributed by atoms with Crippen molar-refractivity contribution < 1.29 is 43.9 Å². The molecule has 1 unspecified atom stereocenters. The van der Waals surface area contributed by atoms with Crippen molar-refractivity contribution >= 4 is 17.1 Å². The van der Waals surface area contributed by atoms with Gasteiger partial charge in [0.2, 0.25) is 11.6 Å². The molecule has 1 atom stereocenters. The number of hydrogen-bond donors (Lipinski definition) is 1. The highest BCUT2D eigenvalue weighted by atomic mass is 19.2. The third-order valence-corrected chi connectivity index (χ3v) is 5.59. The smallest absolute Gasteiger partial charge is 0.200 e. The van der Waals surface area contributed by atoms with Crippen LogP contribution in [-0.4, -0.2) is 5.71 Å². The van der Waals surface area contributed by atoms with Gasteiger partial charge in [-0.3, -0.25) is 0 Å². The van der Waals surface area contributed by atoms with Crippen molar-refractivity contribution in [3.05, 3.63) is 81.6 Å². The fourth-order valence-corrected chi connectivity index (χ4v) is 3.84. The van der Waals surface area contributed by atoms with Gasteiger partial charge in [0.15, 0.2) is 46.5 Å². The molecule has 2 aromatic rings. The zero-order valence-corrected chi connectivity index (χ0v) is 16.8. The molecule has 2 aromatic carbocycles. The van der Waals surface area contributed by atoms with Gasteiger partial charge in [-0.1, -0.05) is 0 Å². The van der Waals surface area contributed by atoms with E-state index in [1.165, 1.54) is 12.2 Å². The first-order chi connectivity index (χ1) is 16.0. The number of rotatable bonds is 3. The summed E-state index contributed by atoms with van der Waals surface area (Å²) in [6.45, 7) is 0. The summed E-state index contributed by atoms with van der Waals surface area (Å²) in [7, 11) is 0. The van der Waals surface area contributed by atoms with E-state index in [4.69, 9.17) is 0 Å². The minimum Gasteiger partial charge on any atom is -0.354 e. The number of aliphatic imine (C=N–C) groups is 1. The maximum Gasteiger partial charge on any atom is 0.200 e. The lowest BCUT2D eigenvalue weighted by atomic mass is 9.79. The molecule has 1 N–H and O–H groups in total. The van der Waals surface area contributed by atoms with Gasteiger partial charge in [0, 0.05) is 11.4 Å². The summed E-state index contributed by atoms with van der Waals surface area (Å²) < 4.78 is 136. The van der Waals surface area contributed by atoms with Crippen LogP contribution in [0.4, 0.5) is 55.3 Å². The molecule has 180 valence electrons. The molecule has 2 nitrogen and oxygen atoms in total. The van der Waals surface area contributed by atoms with E-state index in [9.17, 15) is 43.9 Å². The number of fused-ring (bicyclic) bond motifs is 1. The quantitative estimate of drug-likeness (QED) is 0.271. The van der Waals surface area contributed by atoms with E-state index < -0.39 is 69.5 Å². The zero-order valence-electron chi connectivity index (χ0n) is 16.8.